The zero-order chi connectivity index (χ0) is 16.1. The van der Waals surface area contributed by atoms with E-state index in [4.69, 9.17) is 4.84 Å². The maximum atomic E-state index is 11.7. The third-order valence-corrected chi connectivity index (χ3v) is 3.84. The average Bonchev–Trinajstić information content (AvgIpc) is 2.88. The van der Waals surface area contributed by atoms with Gasteiger partial charge in [0, 0.05) is 4.90 Å². The molecule has 6 nitrogen and oxygen atoms in total. The van der Waals surface area contributed by atoms with Crippen LogP contribution in [0.1, 0.15) is 18.9 Å². The minimum Gasteiger partial charge on any atom is -0.453 e. The monoisotopic (exact) mass is 320 g/mol. The smallest absolute Gasteiger partial charge is 0.411 e. The number of rotatable bonds is 4. The molecule has 116 valence electrons. The van der Waals surface area contributed by atoms with Crippen LogP contribution in [0.2, 0.25) is 0 Å². The normalized spacial score (nSPS) is 15.5. The summed E-state index contributed by atoms with van der Waals surface area (Å²) < 4.78 is 4.59. The van der Waals surface area contributed by atoms with Gasteiger partial charge in [0.2, 0.25) is 0 Å². The first-order valence-corrected chi connectivity index (χ1v) is 7.84. The fraction of sp³-hybridized carbons (Fsp3) is 0.267. The molecule has 2 rings (SSSR count). The molecule has 7 heteroatoms. The first-order chi connectivity index (χ1) is 10.6. The lowest BCUT2D eigenvalue weighted by Gasteiger charge is -2.09. The van der Waals surface area contributed by atoms with Crippen molar-refractivity contribution in [3.8, 4) is 0 Å². The Balaban J connectivity index is 2.32. The van der Waals surface area contributed by atoms with E-state index < -0.39 is 12.1 Å². The fourth-order valence-corrected chi connectivity index (χ4v) is 2.53. The number of carbonyl (C=O) groups excluding carboxylic acids is 2. The Kier molecular flexibility index (Phi) is 5.21. The second-order valence-corrected chi connectivity index (χ2v) is 5.25. The predicted octanol–water partition coefficient (Wildman–Crippen LogP) is 3.29. The Morgan fingerprint density at radius 1 is 1.50 bits per heavy atom. The van der Waals surface area contributed by atoms with Crippen molar-refractivity contribution in [3.05, 3.63) is 29.3 Å². The second kappa shape index (κ2) is 7.13. The number of oxime groups is 1. The van der Waals surface area contributed by atoms with Gasteiger partial charge in [0.05, 0.1) is 24.1 Å². The summed E-state index contributed by atoms with van der Waals surface area (Å²) in [6.45, 7) is 1.91. The quantitative estimate of drug-likeness (QED) is 0.523. The molecular formula is C15H16N2O4S. The molecule has 0 fully saturated rings. The van der Waals surface area contributed by atoms with E-state index in [1.54, 1.807) is 18.2 Å². The molecule has 1 aromatic carbocycles. The standard InChI is InChI=1S/C15H16N2O4S/c1-4-11-10(14(18)21-17-11)7-9-5-6-12(13(8-9)22-3)16-15(19)20-2/h5-8H,4H2,1-3H3,(H,16,19)/b10-7+. The Morgan fingerprint density at radius 2 is 2.27 bits per heavy atom. The van der Waals surface area contributed by atoms with E-state index in [1.807, 2.05) is 19.2 Å². The van der Waals surface area contributed by atoms with E-state index in [2.05, 4.69) is 15.2 Å². The zero-order valence-corrected chi connectivity index (χ0v) is 13.3. The number of nitrogens with zero attached hydrogens (tertiary/aromatic N) is 1. The summed E-state index contributed by atoms with van der Waals surface area (Å²) in [5.74, 6) is -0.445. The predicted molar refractivity (Wildman–Crippen MR) is 86.0 cm³/mol. The summed E-state index contributed by atoms with van der Waals surface area (Å²) in [5, 5.41) is 6.39. The molecule has 0 saturated heterocycles. The summed E-state index contributed by atoms with van der Waals surface area (Å²) in [6.07, 6.45) is 3.73. The maximum Gasteiger partial charge on any atom is 0.411 e. The summed E-state index contributed by atoms with van der Waals surface area (Å²) >= 11 is 1.48. The van der Waals surface area contributed by atoms with Gasteiger partial charge in [-0.1, -0.05) is 18.1 Å². The van der Waals surface area contributed by atoms with Gasteiger partial charge in [0.15, 0.2) is 0 Å². The van der Waals surface area contributed by atoms with E-state index >= 15 is 0 Å². The van der Waals surface area contributed by atoms with Gasteiger partial charge < -0.3 is 9.57 Å². The van der Waals surface area contributed by atoms with E-state index in [-0.39, 0.29) is 0 Å². The van der Waals surface area contributed by atoms with Crippen molar-refractivity contribution in [2.75, 3.05) is 18.7 Å². The molecule has 0 spiro atoms. The van der Waals surface area contributed by atoms with Crippen molar-refractivity contribution < 1.29 is 19.2 Å². The van der Waals surface area contributed by atoms with Gasteiger partial charge in [-0.2, -0.15) is 0 Å². The van der Waals surface area contributed by atoms with Crippen LogP contribution in [0.5, 0.6) is 0 Å². The molecule has 1 aliphatic heterocycles. The van der Waals surface area contributed by atoms with Gasteiger partial charge >= 0.3 is 12.1 Å². The molecule has 0 atom stereocenters. The number of amides is 1. The van der Waals surface area contributed by atoms with E-state index in [9.17, 15) is 9.59 Å². The SMILES string of the molecule is CCC1=NOC(=O)/C1=C/c1ccc(NC(=O)OC)c(SC)c1. The average molecular weight is 320 g/mol. The summed E-state index contributed by atoms with van der Waals surface area (Å²) in [5.41, 5.74) is 2.57. The van der Waals surface area contributed by atoms with Gasteiger partial charge in [-0.05, 0) is 36.4 Å². The number of benzene rings is 1. The van der Waals surface area contributed by atoms with Gasteiger partial charge in [0.1, 0.15) is 0 Å². The topological polar surface area (TPSA) is 77.0 Å². The summed E-state index contributed by atoms with van der Waals surface area (Å²) in [6, 6.07) is 5.44. The molecule has 0 aliphatic carbocycles. The van der Waals surface area contributed by atoms with Crippen molar-refractivity contribution in [2.24, 2.45) is 5.16 Å². The molecule has 1 amide bonds. The zero-order valence-electron chi connectivity index (χ0n) is 12.5. The van der Waals surface area contributed by atoms with Gasteiger partial charge in [-0.25, -0.2) is 9.59 Å². The third kappa shape index (κ3) is 3.48. The number of thioether (sulfide) groups is 1. The Morgan fingerprint density at radius 3 is 2.91 bits per heavy atom. The first kappa shape index (κ1) is 16.1. The molecular weight excluding hydrogens is 304 g/mol. The molecule has 1 N–H and O–H groups in total. The first-order valence-electron chi connectivity index (χ1n) is 6.62. The Labute approximate surface area is 132 Å². The van der Waals surface area contributed by atoms with Crippen molar-refractivity contribution in [3.63, 3.8) is 0 Å². The van der Waals surface area contributed by atoms with Gasteiger partial charge in [0.25, 0.3) is 0 Å². The van der Waals surface area contributed by atoms with Crippen LogP contribution >= 0.6 is 11.8 Å². The van der Waals surface area contributed by atoms with Crippen LogP contribution in [0, 0.1) is 0 Å². The lowest BCUT2D eigenvalue weighted by atomic mass is 10.1. The summed E-state index contributed by atoms with van der Waals surface area (Å²) in [7, 11) is 1.31. The fourth-order valence-electron chi connectivity index (χ4n) is 1.94. The molecule has 0 aromatic heterocycles. The summed E-state index contributed by atoms with van der Waals surface area (Å²) in [4.78, 5) is 28.5. The highest BCUT2D eigenvalue weighted by molar-refractivity contribution is 7.98. The molecule has 0 saturated carbocycles. The van der Waals surface area contributed by atoms with E-state index in [0.717, 1.165) is 10.5 Å². The van der Waals surface area contributed by atoms with Gasteiger partial charge in [-0.3, -0.25) is 5.32 Å². The number of anilines is 1. The molecule has 22 heavy (non-hydrogen) atoms. The highest BCUT2D eigenvalue weighted by Gasteiger charge is 2.23. The van der Waals surface area contributed by atoms with Crippen LogP contribution in [-0.2, 0) is 14.4 Å². The number of hydrogen-bond donors (Lipinski definition) is 1. The molecule has 0 bridgehead atoms. The highest BCUT2D eigenvalue weighted by Crippen LogP contribution is 2.28. The molecule has 0 unspecified atom stereocenters. The van der Waals surface area contributed by atoms with Crippen LogP contribution in [0.25, 0.3) is 6.08 Å². The van der Waals surface area contributed by atoms with Crippen molar-refractivity contribution in [1.82, 2.24) is 0 Å². The Bertz CT molecular complexity index is 668. The van der Waals surface area contributed by atoms with E-state index in [0.29, 0.717) is 23.4 Å². The van der Waals surface area contributed by atoms with Crippen LogP contribution < -0.4 is 5.32 Å². The number of hydrogen-bond acceptors (Lipinski definition) is 6. The minimum atomic E-state index is -0.527. The minimum absolute atomic E-state index is 0.445. The van der Waals surface area contributed by atoms with Gasteiger partial charge in [-0.15, -0.1) is 11.8 Å². The number of nitrogens with one attached hydrogen (secondary N) is 1. The third-order valence-electron chi connectivity index (χ3n) is 3.06. The number of methoxy groups -OCH3 is 1. The van der Waals surface area contributed by atoms with Crippen LogP contribution in [0.15, 0.2) is 33.8 Å². The Hall–Kier alpha value is -2.28. The second-order valence-electron chi connectivity index (χ2n) is 4.40. The molecule has 1 aliphatic rings. The van der Waals surface area contributed by atoms with E-state index in [1.165, 1.54) is 18.9 Å². The largest absolute Gasteiger partial charge is 0.453 e. The van der Waals surface area contributed by atoms with Crippen LogP contribution in [0.4, 0.5) is 10.5 Å². The van der Waals surface area contributed by atoms with Crippen molar-refractivity contribution in [1.29, 1.82) is 0 Å². The van der Waals surface area contributed by atoms with Crippen molar-refractivity contribution in [2.45, 2.75) is 18.2 Å². The lowest BCUT2D eigenvalue weighted by Crippen LogP contribution is -2.11. The molecule has 0 radical (unpaired) electrons. The number of ether oxygens (including phenoxy) is 1. The van der Waals surface area contributed by atoms with Crippen LogP contribution in [-0.4, -0.2) is 31.1 Å². The lowest BCUT2D eigenvalue weighted by molar-refractivity contribution is -0.136. The highest BCUT2D eigenvalue weighted by atomic mass is 32.2. The maximum absolute atomic E-state index is 11.7. The van der Waals surface area contributed by atoms with Crippen molar-refractivity contribution >= 4 is 41.3 Å². The van der Waals surface area contributed by atoms with Crippen LogP contribution in [0.3, 0.4) is 0 Å². The molecule has 1 heterocycles. The number of carbonyl (C=O) groups is 2. The molecule has 1 aromatic rings.